The predicted molar refractivity (Wildman–Crippen MR) is 135 cm³/mol. The SMILES string of the molecule is CS(=O)(=O)Oc1ccc(C(=O)CBr)c(F)c1.O=C(CBr)c1cccc(OCc2ccccc2)c1. The number of carbonyl (C=O) groups excluding carboxylic acids is 2. The van der Waals surface area contributed by atoms with Gasteiger partial charge in [0.05, 0.1) is 22.5 Å². The van der Waals surface area contributed by atoms with Gasteiger partial charge in [-0.2, -0.15) is 8.42 Å². The molecule has 0 aliphatic rings. The molecule has 0 aliphatic heterocycles. The number of hydrogen-bond donors (Lipinski definition) is 0. The number of carbonyl (C=O) groups is 2. The highest BCUT2D eigenvalue weighted by Gasteiger charge is 2.13. The van der Waals surface area contributed by atoms with Crippen molar-refractivity contribution in [2.24, 2.45) is 0 Å². The smallest absolute Gasteiger partial charge is 0.306 e. The van der Waals surface area contributed by atoms with E-state index in [0.717, 1.165) is 17.9 Å². The fourth-order valence-corrected chi connectivity index (χ4v) is 3.68. The van der Waals surface area contributed by atoms with Crippen LogP contribution < -0.4 is 8.92 Å². The average Bonchev–Trinajstić information content (AvgIpc) is 2.82. The Balaban J connectivity index is 0.000000242. The molecule has 0 aromatic heterocycles. The van der Waals surface area contributed by atoms with Gasteiger partial charge in [0.1, 0.15) is 23.9 Å². The summed E-state index contributed by atoms with van der Waals surface area (Å²) >= 11 is 6.07. The van der Waals surface area contributed by atoms with Crippen LogP contribution in [0.15, 0.2) is 72.8 Å². The number of benzene rings is 3. The first-order chi connectivity index (χ1) is 16.1. The average molecular weight is 616 g/mol. The summed E-state index contributed by atoms with van der Waals surface area (Å²) in [6.07, 6.45) is 0.850. The van der Waals surface area contributed by atoms with Gasteiger partial charge in [0.15, 0.2) is 11.6 Å². The predicted octanol–water partition coefficient (Wildman–Crippen LogP) is 5.58. The van der Waals surface area contributed by atoms with E-state index in [0.29, 0.717) is 23.2 Å². The highest BCUT2D eigenvalue weighted by Crippen LogP contribution is 2.19. The van der Waals surface area contributed by atoms with Crippen molar-refractivity contribution < 1.29 is 31.3 Å². The zero-order valence-electron chi connectivity index (χ0n) is 18.0. The van der Waals surface area contributed by atoms with E-state index in [4.69, 9.17) is 4.74 Å². The molecule has 0 fully saturated rings. The number of ether oxygens (including phenoxy) is 1. The number of rotatable bonds is 9. The summed E-state index contributed by atoms with van der Waals surface area (Å²) in [6, 6.07) is 20.4. The third kappa shape index (κ3) is 9.36. The normalized spacial score (nSPS) is 10.6. The summed E-state index contributed by atoms with van der Waals surface area (Å²) in [7, 11) is -3.69. The van der Waals surface area contributed by atoms with Crippen LogP contribution in [-0.2, 0) is 16.7 Å². The molecule has 6 nitrogen and oxygen atoms in total. The van der Waals surface area contributed by atoms with Crippen LogP contribution in [0.3, 0.4) is 0 Å². The zero-order chi connectivity index (χ0) is 25.1. The lowest BCUT2D eigenvalue weighted by Crippen LogP contribution is -2.08. The molecule has 3 aromatic carbocycles. The Morgan fingerprint density at radius 3 is 2.12 bits per heavy atom. The first-order valence-corrected chi connectivity index (χ1v) is 13.8. The summed E-state index contributed by atoms with van der Waals surface area (Å²) in [6.45, 7) is 0.507. The molecule has 3 rings (SSSR count). The number of hydrogen-bond acceptors (Lipinski definition) is 6. The van der Waals surface area contributed by atoms with Crippen molar-refractivity contribution in [2.45, 2.75) is 6.61 Å². The number of Topliss-reactive ketones (excluding diaryl/α,β-unsaturated/α-hetero) is 2. The van der Waals surface area contributed by atoms with Crippen LogP contribution >= 0.6 is 31.9 Å². The van der Waals surface area contributed by atoms with Crippen molar-refractivity contribution in [2.75, 3.05) is 16.9 Å². The van der Waals surface area contributed by atoms with Gasteiger partial charge in [-0.25, -0.2) is 4.39 Å². The Morgan fingerprint density at radius 2 is 1.53 bits per heavy atom. The van der Waals surface area contributed by atoms with Crippen LogP contribution in [0.2, 0.25) is 0 Å². The molecule has 0 saturated carbocycles. The Bertz CT molecular complexity index is 1230. The lowest BCUT2D eigenvalue weighted by atomic mass is 10.1. The van der Waals surface area contributed by atoms with Gasteiger partial charge >= 0.3 is 10.1 Å². The highest BCUT2D eigenvalue weighted by atomic mass is 79.9. The van der Waals surface area contributed by atoms with Gasteiger partial charge in [-0.15, -0.1) is 0 Å². The Hall–Kier alpha value is -2.56. The molecular formula is C24H21Br2FO6S. The minimum Gasteiger partial charge on any atom is -0.489 e. The Kier molecular flexibility index (Phi) is 10.9. The lowest BCUT2D eigenvalue weighted by Gasteiger charge is -2.07. The molecule has 0 N–H and O–H groups in total. The van der Waals surface area contributed by atoms with Gasteiger partial charge in [0.2, 0.25) is 0 Å². The van der Waals surface area contributed by atoms with Crippen molar-refractivity contribution in [3.63, 3.8) is 0 Å². The molecule has 0 aliphatic carbocycles. The maximum absolute atomic E-state index is 13.3. The van der Waals surface area contributed by atoms with Crippen LogP contribution in [0.25, 0.3) is 0 Å². The Labute approximate surface area is 214 Å². The molecule has 0 radical (unpaired) electrons. The summed E-state index contributed by atoms with van der Waals surface area (Å²) in [5, 5.41) is 0.325. The number of alkyl halides is 2. The molecule has 34 heavy (non-hydrogen) atoms. The van der Waals surface area contributed by atoms with Crippen molar-refractivity contribution in [1.29, 1.82) is 0 Å². The molecular weight excluding hydrogens is 595 g/mol. The quantitative estimate of drug-likeness (QED) is 0.177. The first-order valence-electron chi connectivity index (χ1n) is 9.77. The van der Waals surface area contributed by atoms with Crippen LogP contribution in [0.1, 0.15) is 26.3 Å². The van der Waals surface area contributed by atoms with Crippen LogP contribution in [0, 0.1) is 5.82 Å². The summed E-state index contributed by atoms with van der Waals surface area (Å²) in [5.41, 5.74) is 1.66. The van der Waals surface area contributed by atoms with Gasteiger partial charge < -0.3 is 8.92 Å². The molecule has 0 unspecified atom stereocenters. The summed E-state index contributed by atoms with van der Waals surface area (Å²) in [5.74, 6) is -0.633. The highest BCUT2D eigenvalue weighted by molar-refractivity contribution is 9.09. The maximum Gasteiger partial charge on any atom is 0.306 e. The molecule has 0 atom stereocenters. The van der Waals surface area contributed by atoms with E-state index >= 15 is 0 Å². The van der Waals surface area contributed by atoms with Gasteiger partial charge in [0, 0.05) is 11.6 Å². The third-order valence-corrected chi connectivity index (χ3v) is 5.65. The van der Waals surface area contributed by atoms with Crippen molar-refractivity contribution in [3.05, 3.63) is 95.3 Å². The maximum atomic E-state index is 13.3. The Morgan fingerprint density at radius 1 is 0.853 bits per heavy atom. The van der Waals surface area contributed by atoms with E-state index in [9.17, 15) is 22.4 Å². The molecule has 180 valence electrons. The van der Waals surface area contributed by atoms with Crippen LogP contribution in [0.4, 0.5) is 4.39 Å². The fraction of sp³-hybridized carbons (Fsp3) is 0.167. The van der Waals surface area contributed by atoms with Crippen molar-refractivity contribution >= 4 is 53.5 Å². The lowest BCUT2D eigenvalue weighted by molar-refractivity contribution is 0.101. The summed E-state index contributed by atoms with van der Waals surface area (Å²) in [4.78, 5) is 22.7. The van der Waals surface area contributed by atoms with Gasteiger partial charge in [0.25, 0.3) is 0 Å². The summed E-state index contributed by atoms with van der Waals surface area (Å²) < 4.78 is 45.0. The first kappa shape index (κ1) is 27.7. The van der Waals surface area contributed by atoms with Gasteiger partial charge in [-0.1, -0.05) is 74.3 Å². The van der Waals surface area contributed by atoms with Gasteiger partial charge in [-0.05, 0) is 29.8 Å². The van der Waals surface area contributed by atoms with Crippen LogP contribution in [-0.4, -0.2) is 36.9 Å². The van der Waals surface area contributed by atoms with E-state index in [2.05, 4.69) is 36.0 Å². The van der Waals surface area contributed by atoms with E-state index < -0.39 is 21.7 Å². The fourth-order valence-electron chi connectivity index (χ4n) is 2.60. The minimum atomic E-state index is -3.69. The molecule has 3 aromatic rings. The second-order valence-electron chi connectivity index (χ2n) is 6.84. The molecule has 0 bridgehead atoms. The number of ketones is 2. The molecule has 0 heterocycles. The van der Waals surface area contributed by atoms with E-state index in [1.807, 2.05) is 42.5 Å². The molecule has 0 amide bonds. The van der Waals surface area contributed by atoms with E-state index in [1.165, 1.54) is 12.1 Å². The number of halogens is 3. The van der Waals surface area contributed by atoms with E-state index in [-0.39, 0.29) is 22.4 Å². The molecule has 0 saturated heterocycles. The molecule has 0 spiro atoms. The topological polar surface area (TPSA) is 86.7 Å². The van der Waals surface area contributed by atoms with E-state index in [1.54, 1.807) is 12.1 Å². The van der Waals surface area contributed by atoms with Gasteiger partial charge in [-0.3, -0.25) is 9.59 Å². The van der Waals surface area contributed by atoms with Crippen LogP contribution in [0.5, 0.6) is 11.5 Å². The van der Waals surface area contributed by atoms with Crippen molar-refractivity contribution in [1.82, 2.24) is 0 Å². The van der Waals surface area contributed by atoms with Crippen molar-refractivity contribution in [3.8, 4) is 11.5 Å². The third-order valence-electron chi connectivity index (χ3n) is 4.14. The second-order valence-corrected chi connectivity index (χ2v) is 9.54. The molecule has 10 heteroatoms. The minimum absolute atomic E-state index is 0.00377. The standard InChI is InChI=1S/C15H13BrO2.C9H8BrFO4S/c16-10-15(17)13-7-4-8-14(9-13)18-11-12-5-2-1-3-6-12;1-16(13,14)15-6-2-3-7(8(11)4-6)9(12)5-10/h1-9H,10-11H2;2-4H,5H2,1H3. The second kappa shape index (κ2) is 13.4. The monoisotopic (exact) mass is 614 g/mol. The largest absolute Gasteiger partial charge is 0.489 e. The zero-order valence-corrected chi connectivity index (χ0v) is 22.0.